The zero-order chi connectivity index (χ0) is 18.4. The normalized spacial score (nSPS) is 18.2. The Bertz CT molecular complexity index is 696. The predicted molar refractivity (Wildman–Crippen MR) is 106 cm³/mol. The predicted octanol–water partition coefficient (Wildman–Crippen LogP) is 3.47. The highest BCUT2D eigenvalue weighted by Crippen LogP contribution is 2.32. The third-order valence-corrected chi connectivity index (χ3v) is 5.43. The lowest BCUT2D eigenvalue weighted by Crippen LogP contribution is -2.53. The molecule has 0 saturated heterocycles. The largest absolute Gasteiger partial charge is 0.353 e. The van der Waals surface area contributed by atoms with Gasteiger partial charge in [0.25, 0.3) is 0 Å². The summed E-state index contributed by atoms with van der Waals surface area (Å²) in [6.45, 7) is 2.80. The first-order valence-electron chi connectivity index (χ1n) is 9.51. The summed E-state index contributed by atoms with van der Waals surface area (Å²) in [7, 11) is 0. The minimum absolute atomic E-state index is 0.0542. The van der Waals surface area contributed by atoms with Crippen LogP contribution in [0.5, 0.6) is 0 Å². The van der Waals surface area contributed by atoms with Crippen molar-refractivity contribution in [1.82, 2.24) is 10.6 Å². The molecule has 2 unspecified atom stereocenters. The molecule has 26 heavy (non-hydrogen) atoms. The molecular weight excluding hydrogens is 322 g/mol. The maximum Gasteiger partial charge on any atom is 0.241 e. The van der Waals surface area contributed by atoms with Crippen LogP contribution in [0.3, 0.4) is 0 Å². The number of rotatable bonds is 7. The van der Waals surface area contributed by atoms with E-state index < -0.39 is 6.04 Å². The fourth-order valence-electron chi connectivity index (χ4n) is 3.89. The van der Waals surface area contributed by atoms with Crippen LogP contribution >= 0.6 is 0 Å². The van der Waals surface area contributed by atoms with Crippen molar-refractivity contribution in [2.75, 3.05) is 6.54 Å². The van der Waals surface area contributed by atoms with Gasteiger partial charge in [-0.2, -0.15) is 0 Å². The molecule has 4 N–H and O–H groups in total. The van der Waals surface area contributed by atoms with E-state index in [1.165, 1.54) is 18.4 Å². The van der Waals surface area contributed by atoms with Gasteiger partial charge in [0.15, 0.2) is 0 Å². The van der Waals surface area contributed by atoms with Gasteiger partial charge in [-0.25, -0.2) is 0 Å². The van der Waals surface area contributed by atoms with Gasteiger partial charge in [0.05, 0.1) is 0 Å². The van der Waals surface area contributed by atoms with Crippen molar-refractivity contribution in [3.8, 4) is 0 Å². The van der Waals surface area contributed by atoms with Crippen molar-refractivity contribution in [3.05, 3.63) is 71.8 Å². The van der Waals surface area contributed by atoms with Gasteiger partial charge >= 0.3 is 0 Å². The van der Waals surface area contributed by atoms with Crippen LogP contribution in [-0.4, -0.2) is 18.0 Å². The molecule has 0 radical (unpaired) electrons. The van der Waals surface area contributed by atoms with E-state index in [0.29, 0.717) is 6.54 Å². The summed E-state index contributed by atoms with van der Waals surface area (Å²) in [4.78, 5) is 12.5. The van der Waals surface area contributed by atoms with Gasteiger partial charge in [0, 0.05) is 18.1 Å². The number of hydrogen-bond donors (Lipinski definition) is 3. The van der Waals surface area contributed by atoms with E-state index in [-0.39, 0.29) is 17.5 Å². The Balaban J connectivity index is 1.62. The third-order valence-electron chi connectivity index (χ3n) is 5.43. The van der Waals surface area contributed by atoms with Gasteiger partial charge in [-0.1, -0.05) is 73.5 Å². The van der Waals surface area contributed by atoms with Crippen molar-refractivity contribution < 1.29 is 4.79 Å². The minimum Gasteiger partial charge on any atom is -0.353 e. The van der Waals surface area contributed by atoms with E-state index in [1.807, 2.05) is 36.4 Å². The molecule has 2 atom stereocenters. The minimum atomic E-state index is -0.624. The van der Waals surface area contributed by atoms with Crippen LogP contribution in [0, 0.1) is 0 Å². The first kappa shape index (κ1) is 18.6. The molecule has 1 saturated carbocycles. The van der Waals surface area contributed by atoms with Gasteiger partial charge < -0.3 is 16.4 Å². The molecule has 4 nitrogen and oxygen atoms in total. The van der Waals surface area contributed by atoms with Crippen LogP contribution in [-0.2, 0) is 4.79 Å². The number of nitrogens with one attached hydrogen (secondary N) is 2. The fraction of sp³-hybridized carbons (Fsp3) is 0.409. The molecular formula is C22H29N3O. The summed E-state index contributed by atoms with van der Waals surface area (Å²) < 4.78 is 0. The number of nitrogens with two attached hydrogens (primary N) is 1. The van der Waals surface area contributed by atoms with Crippen LogP contribution in [0.1, 0.15) is 55.8 Å². The summed E-state index contributed by atoms with van der Waals surface area (Å²) in [5.74, 6) is -0.114. The van der Waals surface area contributed by atoms with Crippen molar-refractivity contribution in [2.45, 2.75) is 50.2 Å². The van der Waals surface area contributed by atoms with Gasteiger partial charge in [0.2, 0.25) is 5.91 Å². The van der Waals surface area contributed by atoms with Gasteiger partial charge in [-0.05, 0) is 30.9 Å². The highest BCUT2D eigenvalue weighted by molar-refractivity contribution is 5.83. The monoisotopic (exact) mass is 351 g/mol. The molecule has 3 rings (SSSR count). The molecule has 0 bridgehead atoms. The second-order valence-electron chi connectivity index (χ2n) is 7.37. The Hall–Kier alpha value is -2.17. The Morgan fingerprint density at radius 2 is 1.54 bits per heavy atom. The maximum atomic E-state index is 12.5. The SMILES string of the molecule is CC(NC1(CNC(=O)C(N)c2ccccc2)CCCC1)c1ccccc1. The van der Waals surface area contributed by atoms with Gasteiger partial charge in [0.1, 0.15) is 6.04 Å². The smallest absolute Gasteiger partial charge is 0.241 e. The molecule has 0 aliphatic heterocycles. The summed E-state index contributed by atoms with van der Waals surface area (Å²) in [5.41, 5.74) is 8.19. The lowest BCUT2D eigenvalue weighted by molar-refractivity contribution is -0.122. The van der Waals surface area contributed by atoms with E-state index in [1.54, 1.807) is 0 Å². The zero-order valence-electron chi connectivity index (χ0n) is 15.4. The molecule has 2 aromatic rings. The van der Waals surface area contributed by atoms with E-state index in [0.717, 1.165) is 18.4 Å². The summed E-state index contributed by atoms with van der Waals surface area (Å²) in [6.07, 6.45) is 4.53. The lowest BCUT2D eigenvalue weighted by atomic mass is 9.94. The molecule has 138 valence electrons. The second-order valence-corrected chi connectivity index (χ2v) is 7.37. The van der Waals surface area contributed by atoms with Gasteiger partial charge in [-0.15, -0.1) is 0 Å². The van der Waals surface area contributed by atoms with E-state index in [9.17, 15) is 4.79 Å². The number of amides is 1. The molecule has 2 aromatic carbocycles. The summed E-state index contributed by atoms with van der Waals surface area (Å²) >= 11 is 0. The Kier molecular flexibility index (Phi) is 6.07. The van der Waals surface area contributed by atoms with Gasteiger partial charge in [-0.3, -0.25) is 4.79 Å². The molecule has 0 spiro atoms. The Morgan fingerprint density at radius 1 is 1.00 bits per heavy atom. The Morgan fingerprint density at radius 3 is 2.12 bits per heavy atom. The maximum absolute atomic E-state index is 12.5. The van der Waals surface area contributed by atoms with Crippen LogP contribution in [0.4, 0.5) is 0 Å². The molecule has 0 heterocycles. The van der Waals surface area contributed by atoms with E-state index >= 15 is 0 Å². The number of carbonyl (C=O) groups is 1. The zero-order valence-corrected chi connectivity index (χ0v) is 15.4. The van der Waals surface area contributed by atoms with Crippen LogP contribution in [0.2, 0.25) is 0 Å². The molecule has 1 fully saturated rings. The molecule has 1 aliphatic rings. The summed E-state index contributed by atoms with van der Waals surface area (Å²) in [5, 5.41) is 6.88. The lowest BCUT2D eigenvalue weighted by Gasteiger charge is -2.34. The average Bonchev–Trinajstić information content (AvgIpc) is 3.15. The fourth-order valence-corrected chi connectivity index (χ4v) is 3.89. The molecule has 4 heteroatoms. The molecule has 1 aliphatic carbocycles. The van der Waals surface area contributed by atoms with Crippen molar-refractivity contribution in [1.29, 1.82) is 0 Å². The van der Waals surface area contributed by atoms with Crippen molar-refractivity contribution >= 4 is 5.91 Å². The van der Waals surface area contributed by atoms with Crippen molar-refractivity contribution in [3.63, 3.8) is 0 Å². The third kappa shape index (κ3) is 4.51. The standard InChI is InChI=1S/C22H29N3O/c1-17(18-10-4-2-5-11-18)25-22(14-8-9-15-22)16-24-21(26)20(23)19-12-6-3-7-13-19/h2-7,10-13,17,20,25H,8-9,14-16,23H2,1H3,(H,24,26). The van der Waals surface area contributed by atoms with Crippen LogP contribution in [0.25, 0.3) is 0 Å². The van der Waals surface area contributed by atoms with E-state index in [2.05, 4.69) is 41.8 Å². The topological polar surface area (TPSA) is 67.1 Å². The highest BCUT2D eigenvalue weighted by atomic mass is 16.2. The highest BCUT2D eigenvalue weighted by Gasteiger charge is 2.35. The van der Waals surface area contributed by atoms with Crippen LogP contribution in [0.15, 0.2) is 60.7 Å². The molecule has 1 amide bonds. The van der Waals surface area contributed by atoms with Crippen LogP contribution < -0.4 is 16.4 Å². The average molecular weight is 351 g/mol. The summed E-state index contributed by atoms with van der Waals surface area (Å²) in [6, 6.07) is 19.6. The Labute approximate surface area is 156 Å². The second kappa shape index (κ2) is 8.47. The number of carbonyl (C=O) groups excluding carboxylic acids is 1. The number of hydrogen-bond acceptors (Lipinski definition) is 3. The van der Waals surface area contributed by atoms with E-state index in [4.69, 9.17) is 5.73 Å². The molecule has 0 aromatic heterocycles. The first-order chi connectivity index (χ1) is 12.6. The quantitative estimate of drug-likeness (QED) is 0.715. The van der Waals surface area contributed by atoms with Crippen molar-refractivity contribution in [2.24, 2.45) is 5.73 Å². The first-order valence-corrected chi connectivity index (χ1v) is 9.51. The number of benzene rings is 2.